The third-order valence-corrected chi connectivity index (χ3v) is 10.2. The highest BCUT2D eigenvalue weighted by Gasteiger charge is 2.46. The number of amides is 4. The van der Waals surface area contributed by atoms with Crippen LogP contribution in [0, 0.1) is 11.8 Å². The van der Waals surface area contributed by atoms with Gasteiger partial charge in [-0.25, -0.2) is 0 Å². The molecule has 2 unspecified atom stereocenters. The number of benzene rings is 2. The van der Waals surface area contributed by atoms with Gasteiger partial charge in [0.05, 0.1) is 11.1 Å². The van der Waals surface area contributed by atoms with Crippen molar-refractivity contribution in [3.05, 3.63) is 95.6 Å². The molecule has 2 atom stereocenters. The van der Waals surface area contributed by atoms with Gasteiger partial charge in [-0.3, -0.25) is 29.0 Å². The van der Waals surface area contributed by atoms with Crippen LogP contribution in [0.2, 0.25) is 0 Å². The Kier molecular flexibility index (Phi) is 9.81. The van der Waals surface area contributed by atoms with E-state index in [1.807, 2.05) is 70.3 Å². The number of carbonyl (C=O) groups excluding carboxylic acids is 4. The summed E-state index contributed by atoms with van der Waals surface area (Å²) in [6.07, 6.45) is 15.0. The zero-order chi connectivity index (χ0) is 33.9. The van der Waals surface area contributed by atoms with E-state index < -0.39 is 0 Å². The quantitative estimate of drug-likeness (QED) is 0.109. The molecule has 2 aromatic heterocycles. The Morgan fingerprint density at radius 1 is 0.542 bits per heavy atom. The van der Waals surface area contributed by atoms with Crippen molar-refractivity contribution in [1.29, 1.82) is 0 Å². The number of aromatic nitrogens is 2. The first-order valence-corrected chi connectivity index (χ1v) is 17.7. The molecular weight excluding hydrogens is 600 g/mol. The highest BCUT2D eigenvalue weighted by atomic mass is 16.2. The number of hydrogen-bond donors (Lipinski definition) is 0. The van der Waals surface area contributed by atoms with Crippen LogP contribution in [-0.2, 0) is 0 Å². The number of pyridine rings is 2. The summed E-state index contributed by atoms with van der Waals surface area (Å²) >= 11 is 0. The molecule has 0 fully saturated rings. The Labute approximate surface area is 283 Å². The van der Waals surface area contributed by atoms with Crippen LogP contribution < -0.4 is 9.13 Å². The van der Waals surface area contributed by atoms with E-state index in [0.717, 1.165) is 51.4 Å². The molecule has 0 bridgehead atoms. The third kappa shape index (κ3) is 5.82. The molecule has 4 aromatic rings. The molecule has 0 saturated heterocycles. The van der Waals surface area contributed by atoms with Gasteiger partial charge >= 0.3 is 0 Å². The van der Waals surface area contributed by atoms with Crippen LogP contribution in [0.25, 0.3) is 22.1 Å². The number of hydrogen-bond acceptors (Lipinski definition) is 4. The normalized spacial score (nSPS) is 15.4. The summed E-state index contributed by atoms with van der Waals surface area (Å²) in [6, 6.07) is 14.8. The Balaban J connectivity index is 1.65. The molecule has 4 amide bonds. The molecule has 2 aromatic carbocycles. The van der Waals surface area contributed by atoms with Crippen LogP contribution >= 0.6 is 0 Å². The van der Waals surface area contributed by atoms with Crippen molar-refractivity contribution >= 4 is 34.4 Å². The zero-order valence-corrected chi connectivity index (χ0v) is 28.6. The minimum absolute atomic E-state index is 0.166. The van der Waals surface area contributed by atoms with E-state index in [2.05, 4.69) is 27.7 Å². The fraction of sp³-hybridized carbons (Fsp3) is 0.400. The van der Waals surface area contributed by atoms with Gasteiger partial charge in [0.1, 0.15) is 11.1 Å². The molecule has 48 heavy (non-hydrogen) atoms. The number of imide groups is 2. The maximum atomic E-state index is 14.6. The van der Waals surface area contributed by atoms with Crippen molar-refractivity contribution in [1.82, 2.24) is 9.80 Å². The topological polar surface area (TPSA) is 82.5 Å². The van der Waals surface area contributed by atoms with Crippen molar-refractivity contribution in [3.8, 4) is 11.4 Å². The molecular formula is C40H46N4O4+2. The molecule has 2 aliphatic rings. The van der Waals surface area contributed by atoms with Crippen LogP contribution in [0.3, 0.4) is 0 Å². The van der Waals surface area contributed by atoms with Crippen molar-refractivity contribution in [2.24, 2.45) is 11.8 Å². The van der Waals surface area contributed by atoms with Gasteiger partial charge in [-0.05, 0) is 24.7 Å². The second-order valence-electron chi connectivity index (χ2n) is 13.2. The molecule has 248 valence electrons. The SMILES string of the molecule is CCCCC(CC)CN1C(=O)c2cc(-[n+]3ccccc3)c3c4c(cc(-[n+]5ccccc5)c(c24)C1=O)C(=O)N(CC(CC)CCCC)C3=O. The molecule has 0 radical (unpaired) electrons. The molecule has 0 spiro atoms. The maximum absolute atomic E-state index is 14.6. The van der Waals surface area contributed by atoms with E-state index in [9.17, 15) is 19.2 Å². The standard InChI is InChI=1S/C40H46N4O4/c1-5-9-17-27(7-3)25-43-37(45)29-23-32(42-21-15-12-16-22-42)36-34-30(38(46)44(40(36)48)26-28(8-4)18-10-6-2)24-31(35(33(29)34)39(43)47)41-19-13-11-14-20-41/h11-16,19-24,27-28H,5-10,17-18,25-26H2,1-4H3/q+2. The Morgan fingerprint density at radius 2 is 0.917 bits per heavy atom. The fourth-order valence-electron chi connectivity index (χ4n) is 7.33. The van der Waals surface area contributed by atoms with E-state index in [1.165, 1.54) is 9.80 Å². The number of nitrogens with zero attached hydrogens (tertiary/aromatic N) is 4. The van der Waals surface area contributed by atoms with E-state index in [4.69, 9.17) is 0 Å². The van der Waals surface area contributed by atoms with Crippen LogP contribution in [0.4, 0.5) is 0 Å². The lowest BCUT2D eigenvalue weighted by Crippen LogP contribution is -2.49. The van der Waals surface area contributed by atoms with Gasteiger partial charge in [-0.15, -0.1) is 0 Å². The molecule has 8 nitrogen and oxygen atoms in total. The number of unbranched alkanes of at least 4 members (excludes halogenated alkanes) is 2. The molecule has 0 saturated carbocycles. The van der Waals surface area contributed by atoms with Gasteiger partial charge < -0.3 is 0 Å². The van der Waals surface area contributed by atoms with E-state index in [-0.39, 0.29) is 35.5 Å². The van der Waals surface area contributed by atoms with Gasteiger partial charge in [0.25, 0.3) is 23.6 Å². The molecule has 0 N–H and O–H groups in total. The van der Waals surface area contributed by atoms with Gasteiger partial charge in [-0.1, -0.05) is 78.4 Å². The van der Waals surface area contributed by atoms with Crippen LogP contribution in [0.5, 0.6) is 0 Å². The molecule has 2 aliphatic heterocycles. The third-order valence-electron chi connectivity index (χ3n) is 10.2. The molecule has 6 rings (SSSR count). The van der Waals surface area contributed by atoms with E-state index in [0.29, 0.717) is 57.5 Å². The Morgan fingerprint density at radius 3 is 1.25 bits per heavy atom. The van der Waals surface area contributed by atoms with Gasteiger partial charge in [0, 0.05) is 60.3 Å². The Hall–Kier alpha value is -4.72. The van der Waals surface area contributed by atoms with Crippen molar-refractivity contribution in [2.75, 3.05) is 13.1 Å². The average molecular weight is 647 g/mol. The minimum atomic E-state index is -0.389. The summed E-state index contributed by atoms with van der Waals surface area (Å²) in [5.74, 6) is -1.22. The average Bonchev–Trinajstić information content (AvgIpc) is 3.12. The monoisotopic (exact) mass is 646 g/mol. The van der Waals surface area contributed by atoms with Crippen molar-refractivity contribution < 1.29 is 28.3 Å². The lowest BCUT2D eigenvalue weighted by atomic mass is 9.83. The highest BCUT2D eigenvalue weighted by Crippen LogP contribution is 2.42. The Bertz CT molecular complexity index is 1730. The van der Waals surface area contributed by atoms with Crippen LogP contribution in [-0.4, -0.2) is 46.5 Å². The summed E-state index contributed by atoms with van der Waals surface area (Å²) in [5, 5.41) is 0.780. The van der Waals surface area contributed by atoms with Gasteiger partial charge in [0.15, 0.2) is 24.8 Å². The molecule has 4 heterocycles. The highest BCUT2D eigenvalue weighted by molar-refractivity contribution is 6.35. The first kappa shape index (κ1) is 33.2. The summed E-state index contributed by atoms with van der Waals surface area (Å²) in [6.45, 7) is 9.11. The minimum Gasteiger partial charge on any atom is -0.274 e. The first-order chi connectivity index (χ1) is 23.3. The van der Waals surface area contributed by atoms with Crippen molar-refractivity contribution in [3.63, 3.8) is 0 Å². The smallest absolute Gasteiger partial charge is 0.268 e. The summed E-state index contributed by atoms with van der Waals surface area (Å²) in [4.78, 5) is 61.1. The summed E-state index contributed by atoms with van der Waals surface area (Å²) in [5.41, 5.74) is 2.41. The second kappa shape index (κ2) is 14.2. The zero-order valence-electron chi connectivity index (χ0n) is 28.6. The first-order valence-electron chi connectivity index (χ1n) is 17.7. The lowest BCUT2D eigenvalue weighted by molar-refractivity contribution is -0.596. The maximum Gasteiger partial charge on any atom is 0.268 e. The van der Waals surface area contributed by atoms with Crippen LogP contribution in [0.15, 0.2) is 73.3 Å². The van der Waals surface area contributed by atoms with E-state index in [1.54, 1.807) is 12.1 Å². The number of rotatable bonds is 14. The lowest BCUT2D eigenvalue weighted by Gasteiger charge is -2.34. The second-order valence-corrected chi connectivity index (χ2v) is 13.2. The van der Waals surface area contributed by atoms with Gasteiger partial charge in [-0.2, -0.15) is 9.13 Å². The predicted molar refractivity (Wildman–Crippen MR) is 184 cm³/mol. The molecule has 0 aliphatic carbocycles. The largest absolute Gasteiger partial charge is 0.274 e. The van der Waals surface area contributed by atoms with Gasteiger partial charge in [0.2, 0.25) is 11.4 Å². The fourth-order valence-corrected chi connectivity index (χ4v) is 7.33. The number of carbonyl (C=O) groups is 4. The summed E-state index contributed by atoms with van der Waals surface area (Å²) < 4.78 is 3.66. The van der Waals surface area contributed by atoms with Crippen LogP contribution in [0.1, 0.15) is 120 Å². The van der Waals surface area contributed by atoms with Crippen molar-refractivity contribution in [2.45, 2.75) is 79.1 Å². The summed E-state index contributed by atoms with van der Waals surface area (Å²) in [7, 11) is 0. The predicted octanol–water partition coefficient (Wildman–Crippen LogP) is 7.02. The van der Waals surface area contributed by atoms with E-state index >= 15 is 0 Å². The molecule has 8 heteroatoms.